The van der Waals surface area contributed by atoms with E-state index in [9.17, 15) is 4.79 Å². The van der Waals surface area contributed by atoms with Crippen LogP contribution in [-0.4, -0.2) is 32.9 Å². The minimum Gasteiger partial charge on any atom is -0.366 e. The number of hydrogen-bond acceptors (Lipinski definition) is 6. The van der Waals surface area contributed by atoms with Crippen LogP contribution >= 0.6 is 0 Å². The zero-order valence-electron chi connectivity index (χ0n) is 15.7. The SMILES string of the molecule is CCc1cc2cnc(NC(=O)[C@H]3CCC[C@@H](N)C3)nc2c(NC(C)C)n1. The Labute approximate surface area is 154 Å². The minimum atomic E-state index is -0.0631. The smallest absolute Gasteiger partial charge is 0.230 e. The highest BCUT2D eigenvalue weighted by molar-refractivity contribution is 5.93. The van der Waals surface area contributed by atoms with Crippen LogP contribution in [0.15, 0.2) is 12.3 Å². The second kappa shape index (κ2) is 7.95. The van der Waals surface area contributed by atoms with Crippen molar-refractivity contribution < 1.29 is 4.79 Å². The van der Waals surface area contributed by atoms with E-state index in [2.05, 4.69) is 46.4 Å². The Kier molecular flexibility index (Phi) is 5.66. The van der Waals surface area contributed by atoms with Gasteiger partial charge in [-0.2, -0.15) is 0 Å². The van der Waals surface area contributed by atoms with Crippen LogP contribution in [0, 0.1) is 5.92 Å². The van der Waals surface area contributed by atoms with Crippen molar-refractivity contribution in [1.82, 2.24) is 15.0 Å². The number of carbonyl (C=O) groups is 1. The van der Waals surface area contributed by atoms with E-state index in [4.69, 9.17) is 5.73 Å². The number of anilines is 2. The van der Waals surface area contributed by atoms with Gasteiger partial charge in [0.25, 0.3) is 0 Å². The van der Waals surface area contributed by atoms with Gasteiger partial charge in [0.05, 0.1) is 0 Å². The van der Waals surface area contributed by atoms with Crippen LogP contribution < -0.4 is 16.4 Å². The molecule has 0 spiro atoms. The number of amides is 1. The Bertz CT molecular complexity index is 791. The van der Waals surface area contributed by atoms with E-state index in [-0.39, 0.29) is 23.9 Å². The maximum atomic E-state index is 12.5. The highest BCUT2D eigenvalue weighted by atomic mass is 16.2. The van der Waals surface area contributed by atoms with Crippen molar-refractivity contribution in [2.45, 2.75) is 65.0 Å². The lowest BCUT2D eigenvalue weighted by atomic mass is 9.85. The first-order valence-corrected chi connectivity index (χ1v) is 9.46. The van der Waals surface area contributed by atoms with Crippen LogP contribution in [0.1, 0.15) is 52.1 Å². The van der Waals surface area contributed by atoms with Crippen LogP contribution in [0.2, 0.25) is 0 Å². The normalized spacial score (nSPS) is 20.3. The van der Waals surface area contributed by atoms with Gasteiger partial charge in [-0.25, -0.2) is 15.0 Å². The van der Waals surface area contributed by atoms with Gasteiger partial charge in [-0.15, -0.1) is 0 Å². The number of pyridine rings is 1. The minimum absolute atomic E-state index is 0.0454. The Morgan fingerprint density at radius 2 is 2.15 bits per heavy atom. The van der Waals surface area contributed by atoms with Crippen molar-refractivity contribution in [2.75, 3.05) is 10.6 Å². The summed E-state index contributed by atoms with van der Waals surface area (Å²) in [5.74, 6) is 0.939. The molecule has 1 fully saturated rings. The third-order valence-corrected chi connectivity index (χ3v) is 4.73. The lowest BCUT2D eigenvalue weighted by Gasteiger charge is -2.25. The molecular weight excluding hydrogens is 328 g/mol. The predicted molar refractivity (Wildman–Crippen MR) is 104 cm³/mol. The van der Waals surface area contributed by atoms with Gasteiger partial charge in [-0.1, -0.05) is 13.3 Å². The van der Waals surface area contributed by atoms with Gasteiger partial charge < -0.3 is 11.1 Å². The number of fused-ring (bicyclic) bond motifs is 1. The van der Waals surface area contributed by atoms with Crippen LogP contribution in [0.3, 0.4) is 0 Å². The fourth-order valence-corrected chi connectivity index (χ4v) is 3.39. The molecule has 0 bridgehead atoms. The Balaban J connectivity index is 1.86. The quantitative estimate of drug-likeness (QED) is 0.761. The first-order chi connectivity index (χ1) is 12.5. The van der Waals surface area contributed by atoms with Gasteiger partial charge in [0.1, 0.15) is 5.52 Å². The molecule has 4 N–H and O–H groups in total. The summed E-state index contributed by atoms with van der Waals surface area (Å²) in [7, 11) is 0. The van der Waals surface area contributed by atoms with Crippen molar-refractivity contribution in [3.63, 3.8) is 0 Å². The van der Waals surface area contributed by atoms with Gasteiger partial charge in [-0.3, -0.25) is 10.1 Å². The van der Waals surface area contributed by atoms with Gasteiger partial charge in [0.15, 0.2) is 5.82 Å². The van der Waals surface area contributed by atoms with E-state index in [1.54, 1.807) is 6.20 Å². The molecular formula is C19H28N6O. The average molecular weight is 356 g/mol. The molecule has 7 nitrogen and oxygen atoms in total. The van der Waals surface area contributed by atoms with E-state index < -0.39 is 0 Å². The van der Waals surface area contributed by atoms with Crippen molar-refractivity contribution in [3.05, 3.63) is 18.0 Å². The predicted octanol–water partition coefficient (Wildman–Crippen LogP) is 2.86. The first kappa shape index (κ1) is 18.5. The summed E-state index contributed by atoms with van der Waals surface area (Å²) in [6, 6.07) is 2.33. The topological polar surface area (TPSA) is 106 Å². The van der Waals surface area contributed by atoms with E-state index in [0.29, 0.717) is 5.95 Å². The van der Waals surface area contributed by atoms with Crippen LogP contribution in [0.5, 0.6) is 0 Å². The molecule has 2 atom stereocenters. The number of aryl methyl sites for hydroxylation is 1. The highest BCUT2D eigenvalue weighted by Crippen LogP contribution is 2.25. The maximum absolute atomic E-state index is 12.5. The maximum Gasteiger partial charge on any atom is 0.230 e. The third-order valence-electron chi connectivity index (χ3n) is 4.73. The van der Waals surface area contributed by atoms with E-state index in [1.807, 2.05) is 6.07 Å². The summed E-state index contributed by atoms with van der Waals surface area (Å²) in [5.41, 5.74) is 7.70. The fourth-order valence-electron chi connectivity index (χ4n) is 3.39. The number of carbonyl (C=O) groups excluding carboxylic acids is 1. The number of nitrogens with one attached hydrogen (secondary N) is 2. The summed E-state index contributed by atoms with van der Waals surface area (Å²) in [6.45, 7) is 6.18. The summed E-state index contributed by atoms with van der Waals surface area (Å²) in [6.07, 6.45) is 6.16. The molecule has 0 unspecified atom stereocenters. The Hall–Kier alpha value is -2.28. The third kappa shape index (κ3) is 4.27. The summed E-state index contributed by atoms with van der Waals surface area (Å²) >= 11 is 0. The molecule has 0 aromatic carbocycles. The molecule has 0 saturated heterocycles. The van der Waals surface area contributed by atoms with Crippen molar-refractivity contribution in [2.24, 2.45) is 11.7 Å². The van der Waals surface area contributed by atoms with Gasteiger partial charge in [0, 0.05) is 35.3 Å². The Morgan fingerprint density at radius 3 is 2.85 bits per heavy atom. The fraction of sp³-hybridized carbons (Fsp3) is 0.579. The number of rotatable bonds is 5. The number of nitrogens with two attached hydrogens (primary N) is 1. The molecule has 0 radical (unpaired) electrons. The van der Waals surface area contributed by atoms with Crippen molar-refractivity contribution >= 4 is 28.6 Å². The molecule has 1 amide bonds. The molecule has 26 heavy (non-hydrogen) atoms. The molecule has 1 aliphatic rings. The standard InChI is InChI=1S/C19H28N6O/c1-4-15-9-13-10-21-19(24-16(13)17(23-15)22-11(2)3)25-18(26)12-6-5-7-14(20)8-12/h9-12,14H,4-8,20H2,1-3H3,(H,22,23)(H,21,24,25,26)/t12-,14+/m0/s1. The van der Waals surface area contributed by atoms with Crippen LogP contribution in [-0.2, 0) is 11.2 Å². The van der Waals surface area contributed by atoms with Crippen LogP contribution in [0.25, 0.3) is 10.9 Å². The number of nitrogens with zero attached hydrogens (tertiary/aromatic N) is 3. The van der Waals surface area contributed by atoms with Gasteiger partial charge in [0.2, 0.25) is 11.9 Å². The van der Waals surface area contributed by atoms with E-state index >= 15 is 0 Å². The molecule has 2 heterocycles. The van der Waals surface area contributed by atoms with Crippen molar-refractivity contribution in [3.8, 4) is 0 Å². The van der Waals surface area contributed by atoms with Gasteiger partial charge in [-0.05, 0) is 45.6 Å². The second-order valence-electron chi connectivity index (χ2n) is 7.36. The molecule has 2 aromatic heterocycles. The van der Waals surface area contributed by atoms with E-state index in [1.165, 1.54) is 0 Å². The summed E-state index contributed by atoms with van der Waals surface area (Å²) in [4.78, 5) is 26.1. The molecule has 1 aliphatic carbocycles. The lowest BCUT2D eigenvalue weighted by Crippen LogP contribution is -2.34. The average Bonchev–Trinajstić information content (AvgIpc) is 2.61. The Morgan fingerprint density at radius 1 is 1.35 bits per heavy atom. The van der Waals surface area contributed by atoms with Gasteiger partial charge >= 0.3 is 0 Å². The highest BCUT2D eigenvalue weighted by Gasteiger charge is 2.26. The largest absolute Gasteiger partial charge is 0.366 e. The summed E-state index contributed by atoms with van der Waals surface area (Å²) in [5, 5.41) is 7.12. The van der Waals surface area contributed by atoms with E-state index in [0.717, 1.165) is 54.5 Å². The number of aromatic nitrogens is 3. The molecule has 140 valence electrons. The summed E-state index contributed by atoms with van der Waals surface area (Å²) < 4.78 is 0. The molecule has 7 heteroatoms. The molecule has 3 rings (SSSR count). The molecule has 2 aromatic rings. The zero-order valence-corrected chi connectivity index (χ0v) is 15.7. The second-order valence-corrected chi connectivity index (χ2v) is 7.36. The first-order valence-electron chi connectivity index (χ1n) is 9.46. The number of hydrogen-bond donors (Lipinski definition) is 3. The molecule has 0 aliphatic heterocycles. The van der Waals surface area contributed by atoms with Crippen LogP contribution in [0.4, 0.5) is 11.8 Å². The van der Waals surface area contributed by atoms with Crippen molar-refractivity contribution in [1.29, 1.82) is 0 Å². The zero-order chi connectivity index (χ0) is 18.7. The lowest BCUT2D eigenvalue weighted by molar-refractivity contribution is -0.120. The monoisotopic (exact) mass is 356 g/mol. The molecule has 1 saturated carbocycles.